The molecule has 0 unspecified atom stereocenters. The van der Waals surface area contributed by atoms with E-state index in [1.165, 1.54) is 0 Å². The van der Waals surface area contributed by atoms with E-state index in [0.717, 1.165) is 32.6 Å². The molecule has 0 amide bonds. The first kappa shape index (κ1) is 12.9. The molecule has 0 aromatic carbocycles. The van der Waals surface area contributed by atoms with Gasteiger partial charge in [0.2, 0.25) is 0 Å². The summed E-state index contributed by atoms with van der Waals surface area (Å²) in [5, 5.41) is 9.62. The van der Waals surface area contributed by atoms with Crippen LogP contribution < -0.4 is 0 Å². The van der Waals surface area contributed by atoms with Gasteiger partial charge in [0.25, 0.3) is 0 Å². The van der Waals surface area contributed by atoms with E-state index >= 15 is 0 Å². The molecule has 4 heteroatoms. The minimum atomic E-state index is -0.636. The van der Waals surface area contributed by atoms with Crippen molar-refractivity contribution in [3.05, 3.63) is 0 Å². The first-order valence-corrected chi connectivity index (χ1v) is 5.61. The summed E-state index contributed by atoms with van der Waals surface area (Å²) in [5.41, 5.74) is -0.636. The minimum Gasteiger partial charge on any atom is -0.389 e. The fourth-order valence-electron chi connectivity index (χ4n) is 1.77. The highest BCUT2D eigenvalue weighted by Crippen LogP contribution is 2.10. The maximum Gasteiger partial charge on any atom is 0.158 e. The number of likely N-dealkylation sites (N-methyl/N-ethyl adjacent to an activating group) is 1. The molecular formula is C11H23NO3. The lowest BCUT2D eigenvalue weighted by molar-refractivity contribution is -0.182. The van der Waals surface area contributed by atoms with Crippen molar-refractivity contribution in [2.75, 3.05) is 33.4 Å². The average molecular weight is 217 g/mol. The van der Waals surface area contributed by atoms with Gasteiger partial charge in [0.05, 0.1) is 18.8 Å². The van der Waals surface area contributed by atoms with Gasteiger partial charge in [-0.25, -0.2) is 0 Å². The fraction of sp³-hybridized carbons (Fsp3) is 1.00. The monoisotopic (exact) mass is 217 g/mol. The molecule has 1 fully saturated rings. The molecule has 1 rings (SSSR count). The lowest BCUT2D eigenvalue weighted by atomic mass is 10.1. The third-order valence-electron chi connectivity index (χ3n) is 2.30. The van der Waals surface area contributed by atoms with Crippen LogP contribution in [0.25, 0.3) is 0 Å². The van der Waals surface area contributed by atoms with Gasteiger partial charge in [0, 0.05) is 19.5 Å². The van der Waals surface area contributed by atoms with Gasteiger partial charge in [-0.1, -0.05) is 0 Å². The van der Waals surface area contributed by atoms with Crippen LogP contribution in [0.4, 0.5) is 0 Å². The van der Waals surface area contributed by atoms with Crippen LogP contribution in [0.15, 0.2) is 0 Å². The van der Waals surface area contributed by atoms with Crippen LogP contribution in [0.3, 0.4) is 0 Å². The maximum atomic E-state index is 9.62. The quantitative estimate of drug-likeness (QED) is 0.741. The van der Waals surface area contributed by atoms with Crippen LogP contribution in [0, 0.1) is 0 Å². The van der Waals surface area contributed by atoms with Gasteiger partial charge < -0.3 is 19.5 Å². The molecule has 4 nitrogen and oxygen atoms in total. The summed E-state index contributed by atoms with van der Waals surface area (Å²) in [5.74, 6) is 0. The standard InChI is InChI=1S/C11H23NO3/c1-11(2,13)9-12(3)6-5-10-14-7-4-8-15-10/h10,13H,4-9H2,1-3H3. The average Bonchev–Trinajstić information content (AvgIpc) is 2.14. The van der Waals surface area contributed by atoms with Crippen molar-refractivity contribution < 1.29 is 14.6 Å². The fourth-order valence-corrected chi connectivity index (χ4v) is 1.77. The molecule has 90 valence electrons. The second kappa shape index (κ2) is 5.80. The van der Waals surface area contributed by atoms with E-state index in [1.807, 2.05) is 20.9 Å². The zero-order chi connectivity index (χ0) is 11.3. The van der Waals surface area contributed by atoms with Crippen molar-refractivity contribution in [2.24, 2.45) is 0 Å². The molecule has 0 aromatic rings. The van der Waals surface area contributed by atoms with Crippen LogP contribution in [0.1, 0.15) is 26.7 Å². The Morgan fingerprint density at radius 2 is 1.93 bits per heavy atom. The van der Waals surface area contributed by atoms with Gasteiger partial charge in [-0.3, -0.25) is 0 Å². The zero-order valence-electron chi connectivity index (χ0n) is 10.0. The molecule has 0 saturated carbocycles. The molecule has 1 aliphatic rings. The summed E-state index contributed by atoms with van der Waals surface area (Å²) in [6.07, 6.45) is 1.81. The Bertz CT molecular complexity index is 173. The highest BCUT2D eigenvalue weighted by Gasteiger charge is 2.18. The van der Waals surface area contributed by atoms with Gasteiger partial charge in [0.15, 0.2) is 6.29 Å². The number of hydrogen-bond donors (Lipinski definition) is 1. The Labute approximate surface area is 92.2 Å². The van der Waals surface area contributed by atoms with Crippen LogP contribution in [-0.4, -0.2) is 55.2 Å². The Balaban J connectivity index is 2.12. The first-order chi connectivity index (χ1) is 6.97. The van der Waals surface area contributed by atoms with Gasteiger partial charge in [-0.2, -0.15) is 0 Å². The normalized spacial score (nSPS) is 19.8. The molecule has 0 bridgehead atoms. The second-order valence-corrected chi connectivity index (χ2v) is 4.86. The molecule has 1 N–H and O–H groups in total. The molecule has 0 aromatic heterocycles. The molecule has 1 aliphatic heterocycles. The van der Waals surface area contributed by atoms with Crippen LogP contribution >= 0.6 is 0 Å². The number of rotatable bonds is 5. The lowest BCUT2D eigenvalue weighted by Crippen LogP contribution is -2.38. The predicted molar refractivity (Wildman–Crippen MR) is 58.7 cm³/mol. The topological polar surface area (TPSA) is 41.9 Å². The number of ether oxygens (including phenoxy) is 2. The van der Waals surface area contributed by atoms with E-state index in [4.69, 9.17) is 9.47 Å². The predicted octanol–water partition coefficient (Wildman–Crippen LogP) is 0.842. The molecule has 1 heterocycles. The van der Waals surface area contributed by atoms with Crippen molar-refractivity contribution in [2.45, 2.75) is 38.6 Å². The number of nitrogens with zero attached hydrogens (tertiary/aromatic N) is 1. The van der Waals surface area contributed by atoms with Gasteiger partial charge in [0.1, 0.15) is 0 Å². The molecule has 0 atom stereocenters. The molecule has 0 radical (unpaired) electrons. The molecule has 1 saturated heterocycles. The van der Waals surface area contributed by atoms with Crippen molar-refractivity contribution in [1.29, 1.82) is 0 Å². The smallest absolute Gasteiger partial charge is 0.158 e. The van der Waals surface area contributed by atoms with Crippen molar-refractivity contribution in [1.82, 2.24) is 4.90 Å². The Kier molecular flexibility index (Phi) is 4.99. The third kappa shape index (κ3) is 6.10. The van der Waals surface area contributed by atoms with Gasteiger partial charge >= 0.3 is 0 Å². The van der Waals surface area contributed by atoms with Crippen LogP contribution in [0.2, 0.25) is 0 Å². The van der Waals surface area contributed by atoms with Crippen molar-refractivity contribution in [3.8, 4) is 0 Å². The van der Waals surface area contributed by atoms with Gasteiger partial charge in [-0.15, -0.1) is 0 Å². The largest absolute Gasteiger partial charge is 0.389 e. The van der Waals surface area contributed by atoms with Crippen molar-refractivity contribution >= 4 is 0 Å². The van der Waals surface area contributed by atoms with E-state index < -0.39 is 5.60 Å². The maximum absolute atomic E-state index is 9.62. The summed E-state index contributed by atoms with van der Waals surface area (Å²) >= 11 is 0. The van der Waals surface area contributed by atoms with E-state index in [9.17, 15) is 5.11 Å². The summed E-state index contributed by atoms with van der Waals surface area (Å²) in [6, 6.07) is 0. The summed E-state index contributed by atoms with van der Waals surface area (Å²) in [4.78, 5) is 2.10. The highest BCUT2D eigenvalue weighted by molar-refractivity contribution is 4.70. The Hall–Kier alpha value is -0.160. The van der Waals surface area contributed by atoms with E-state index in [0.29, 0.717) is 6.54 Å². The lowest BCUT2D eigenvalue weighted by Gasteiger charge is -2.28. The van der Waals surface area contributed by atoms with Crippen LogP contribution in [0.5, 0.6) is 0 Å². The Morgan fingerprint density at radius 1 is 1.33 bits per heavy atom. The highest BCUT2D eigenvalue weighted by atomic mass is 16.7. The van der Waals surface area contributed by atoms with E-state index in [2.05, 4.69) is 4.90 Å². The number of aliphatic hydroxyl groups is 1. The van der Waals surface area contributed by atoms with E-state index in [1.54, 1.807) is 0 Å². The van der Waals surface area contributed by atoms with E-state index in [-0.39, 0.29) is 6.29 Å². The number of hydrogen-bond acceptors (Lipinski definition) is 4. The minimum absolute atomic E-state index is 0.0528. The van der Waals surface area contributed by atoms with Gasteiger partial charge in [-0.05, 0) is 27.3 Å². The molecular weight excluding hydrogens is 194 g/mol. The summed E-state index contributed by atoms with van der Waals surface area (Å²) in [6.45, 7) is 6.79. The third-order valence-corrected chi connectivity index (χ3v) is 2.30. The molecule has 0 spiro atoms. The SMILES string of the molecule is CN(CCC1OCCCO1)CC(C)(C)O. The first-order valence-electron chi connectivity index (χ1n) is 5.61. The summed E-state index contributed by atoms with van der Waals surface area (Å²) < 4.78 is 10.9. The molecule has 15 heavy (non-hydrogen) atoms. The molecule has 0 aliphatic carbocycles. The zero-order valence-corrected chi connectivity index (χ0v) is 10.0. The summed E-state index contributed by atoms with van der Waals surface area (Å²) in [7, 11) is 2.00. The van der Waals surface area contributed by atoms with Crippen LogP contribution in [-0.2, 0) is 9.47 Å². The van der Waals surface area contributed by atoms with Crippen molar-refractivity contribution in [3.63, 3.8) is 0 Å². The second-order valence-electron chi connectivity index (χ2n) is 4.86. The Morgan fingerprint density at radius 3 is 2.47 bits per heavy atom.